The van der Waals surface area contributed by atoms with Gasteiger partial charge in [-0.2, -0.15) is 0 Å². The van der Waals surface area contributed by atoms with Gasteiger partial charge >= 0.3 is 5.97 Å². The third-order valence-corrected chi connectivity index (χ3v) is 5.86. The van der Waals surface area contributed by atoms with Gasteiger partial charge in [-0.15, -0.1) is 0 Å². The van der Waals surface area contributed by atoms with Crippen molar-refractivity contribution in [1.29, 1.82) is 0 Å². The van der Waals surface area contributed by atoms with Crippen LogP contribution in [0.5, 0.6) is 0 Å². The summed E-state index contributed by atoms with van der Waals surface area (Å²) in [6.07, 6.45) is 9.06. The lowest BCUT2D eigenvalue weighted by Crippen LogP contribution is -2.49. The summed E-state index contributed by atoms with van der Waals surface area (Å²) < 4.78 is 4.62. The number of amides is 1. The standard InChI is InChI=1S/C19H28N4O3/c1-13(22-18(25)19-8-3-14(4-9-19)5-10-19)6-11-20-15-7-12-21-16(23-15)17(24)26-2/h7,12-14H,3-6,8-11H2,1-2H3,(H,22,25)(H,20,21,23). The average Bonchev–Trinajstić information content (AvgIpc) is 2.69. The lowest BCUT2D eigenvalue weighted by atomic mass is 9.60. The average molecular weight is 360 g/mol. The number of ether oxygens (including phenoxy) is 1. The number of anilines is 1. The lowest BCUT2D eigenvalue weighted by molar-refractivity contribution is -0.137. The molecule has 3 aliphatic rings. The van der Waals surface area contributed by atoms with Crippen molar-refractivity contribution in [2.75, 3.05) is 19.0 Å². The van der Waals surface area contributed by atoms with Gasteiger partial charge in [0.2, 0.25) is 11.7 Å². The predicted molar refractivity (Wildman–Crippen MR) is 97.7 cm³/mol. The third-order valence-electron chi connectivity index (χ3n) is 5.86. The molecule has 1 amide bonds. The molecule has 3 aliphatic carbocycles. The van der Waals surface area contributed by atoms with Crippen LogP contribution in [0.2, 0.25) is 0 Å². The first-order valence-corrected chi connectivity index (χ1v) is 9.48. The van der Waals surface area contributed by atoms with Crippen molar-refractivity contribution in [3.05, 3.63) is 18.1 Å². The summed E-state index contributed by atoms with van der Waals surface area (Å²) in [5.41, 5.74) is -0.113. The number of hydrogen-bond acceptors (Lipinski definition) is 6. The zero-order valence-electron chi connectivity index (χ0n) is 15.6. The summed E-state index contributed by atoms with van der Waals surface area (Å²) in [7, 11) is 1.30. The van der Waals surface area contributed by atoms with Gasteiger partial charge in [-0.1, -0.05) is 0 Å². The molecule has 26 heavy (non-hydrogen) atoms. The highest BCUT2D eigenvalue weighted by molar-refractivity contribution is 5.85. The van der Waals surface area contributed by atoms with Crippen LogP contribution in [0.15, 0.2) is 12.3 Å². The molecule has 1 heterocycles. The van der Waals surface area contributed by atoms with Crippen molar-refractivity contribution in [1.82, 2.24) is 15.3 Å². The molecule has 1 atom stereocenters. The van der Waals surface area contributed by atoms with Gasteiger partial charge in [0.05, 0.1) is 7.11 Å². The molecule has 0 aliphatic heterocycles. The van der Waals surface area contributed by atoms with E-state index in [0.717, 1.165) is 31.6 Å². The van der Waals surface area contributed by atoms with Crippen LogP contribution in [-0.2, 0) is 9.53 Å². The summed E-state index contributed by atoms with van der Waals surface area (Å²) in [4.78, 5) is 32.2. The number of carbonyl (C=O) groups is 2. The highest BCUT2D eigenvalue weighted by Gasteiger charge is 2.45. The topological polar surface area (TPSA) is 93.2 Å². The molecular weight excluding hydrogens is 332 g/mol. The number of rotatable bonds is 7. The molecule has 0 saturated heterocycles. The third kappa shape index (κ3) is 4.14. The van der Waals surface area contributed by atoms with Crippen LogP contribution in [0.1, 0.15) is 62.5 Å². The van der Waals surface area contributed by atoms with Gasteiger partial charge in [-0.3, -0.25) is 4.79 Å². The minimum absolute atomic E-state index is 0.0332. The molecule has 1 aromatic heterocycles. The van der Waals surface area contributed by atoms with Crippen molar-refractivity contribution in [2.24, 2.45) is 11.3 Å². The summed E-state index contributed by atoms with van der Waals surface area (Å²) in [5.74, 6) is 1.14. The van der Waals surface area contributed by atoms with Crippen molar-refractivity contribution in [2.45, 2.75) is 57.9 Å². The van der Waals surface area contributed by atoms with Gasteiger partial charge < -0.3 is 15.4 Å². The van der Waals surface area contributed by atoms with Crippen molar-refractivity contribution in [3.8, 4) is 0 Å². The molecule has 7 nitrogen and oxygen atoms in total. The van der Waals surface area contributed by atoms with Gasteiger partial charge in [0.25, 0.3) is 0 Å². The van der Waals surface area contributed by atoms with E-state index in [1.54, 1.807) is 6.07 Å². The second kappa shape index (κ2) is 8.01. The smallest absolute Gasteiger partial charge is 0.376 e. The Kier molecular flexibility index (Phi) is 5.74. The number of fused-ring (bicyclic) bond motifs is 3. The molecule has 0 radical (unpaired) electrons. The van der Waals surface area contributed by atoms with E-state index >= 15 is 0 Å². The lowest BCUT2D eigenvalue weighted by Gasteiger charge is -2.45. The first kappa shape index (κ1) is 18.6. The van der Waals surface area contributed by atoms with Crippen molar-refractivity contribution < 1.29 is 14.3 Å². The van der Waals surface area contributed by atoms with Crippen LogP contribution in [0, 0.1) is 11.3 Å². The maximum atomic E-state index is 12.8. The van der Waals surface area contributed by atoms with E-state index in [-0.39, 0.29) is 23.2 Å². The molecule has 3 saturated carbocycles. The van der Waals surface area contributed by atoms with E-state index in [9.17, 15) is 9.59 Å². The number of esters is 1. The SMILES string of the molecule is COC(=O)c1nccc(NCCC(C)NC(=O)C23CCC(CC2)CC3)n1. The second-order valence-electron chi connectivity index (χ2n) is 7.61. The maximum absolute atomic E-state index is 12.8. The van der Waals surface area contributed by atoms with Gasteiger partial charge in [0.1, 0.15) is 5.82 Å². The Labute approximate surface area is 154 Å². The largest absolute Gasteiger partial charge is 0.463 e. The Bertz CT molecular complexity index is 642. The Morgan fingerprint density at radius 3 is 2.65 bits per heavy atom. The number of carbonyl (C=O) groups excluding carboxylic acids is 2. The number of aromatic nitrogens is 2. The number of nitrogens with zero attached hydrogens (tertiary/aromatic N) is 2. The van der Waals surface area contributed by atoms with E-state index in [1.807, 2.05) is 6.92 Å². The number of methoxy groups -OCH3 is 1. The van der Waals surface area contributed by atoms with Crippen LogP contribution in [0.3, 0.4) is 0 Å². The summed E-state index contributed by atoms with van der Waals surface area (Å²) in [6, 6.07) is 1.79. The number of hydrogen-bond donors (Lipinski definition) is 2. The fourth-order valence-corrected chi connectivity index (χ4v) is 4.10. The molecule has 4 rings (SSSR count). The quantitative estimate of drug-likeness (QED) is 0.726. The maximum Gasteiger partial charge on any atom is 0.376 e. The minimum Gasteiger partial charge on any atom is -0.463 e. The molecule has 1 unspecified atom stereocenters. The van der Waals surface area contributed by atoms with Crippen LogP contribution in [0.4, 0.5) is 5.82 Å². The summed E-state index contributed by atoms with van der Waals surface area (Å²) in [6.45, 7) is 2.68. The fraction of sp³-hybridized carbons (Fsp3) is 0.684. The molecule has 7 heteroatoms. The van der Waals surface area contributed by atoms with E-state index in [2.05, 4.69) is 25.3 Å². The molecule has 142 valence electrons. The zero-order chi connectivity index (χ0) is 18.6. The monoisotopic (exact) mass is 360 g/mol. The van der Waals surface area contributed by atoms with Crippen LogP contribution >= 0.6 is 0 Å². The van der Waals surface area contributed by atoms with Gasteiger partial charge in [0.15, 0.2) is 0 Å². The van der Waals surface area contributed by atoms with Crippen LogP contribution < -0.4 is 10.6 Å². The predicted octanol–water partition coefficient (Wildman–Crippen LogP) is 2.54. The first-order valence-electron chi connectivity index (χ1n) is 9.48. The second-order valence-corrected chi connectivity index (χ2v) is 7.61. The van der Waals surface area contributed by atoms with Crippen LogP contribution in [-0.4, -0.2) is 41.5 Å². The Balaban J connectivity index is 1.45. The molecule has 0 aromatic carbocycles. The Morgan fingerprint density at radius 1 is 1.31 bits per heavy atom. The van der Waals surface area contributed by atoms with E-state index in [0.29, 0.717) is 12.4 Å². The normalized spacial score (nSPS) is 25.4. The van der Waals surface area contributed by atoms with Gasteiger partial charge in [-0.05, 0) is 63.9 Å². The minimum atomic E-state index is -0.559. The highest BCUT2D eigenvalue weighted by Crippen LogP contribution is 2.50. The van der Waals surface area contributed by atoms with Gasteiger partial charge in [0, 0.05) is 24.2 Å². The van der Waals surface area contributed by atoms with E-state index < -0.39 is 5.97 Å². The molecule has 2 bridgehead atoms. The van der Waals surface area contributed by atoms with Crippen molar-refractivity contribution in [3.63, 3.8) is 0 Å². The summed E-state index contributed by atoms with van der Waals surface area (Å²) in [5, 5.41) is 6.37. The first-order chi connectivity index (χ1) is 12.5. The Morgan fingerprint density at radius 2 is 2.00 bits per heavy atom. The molecule has 3 fully saturated rings. The number of nitrogens with one attached hydrogen (secondary N) is 2. The summed E-state index contributed by atoms with van der Waals surface area (Å²) >= 11 is 0. The molecule has 2 N–H and O–H groups in total. The van der Waals surface area contributed by atoms with Crippen LogP contribution in [0.25, 0.3) is 0 Å². The van der Waals surface area contributed by atoms with Gasteiger partial charge in [-0.25, -0.2) is 14.8 Å². The molecular formula is C19H28N4O3. The molecule has 1 aromatic rings. The Hall–Kier alpha value is -2.18. The fourth-order valence-electron chi connectivity index (χ4n) is 4.10. The van der Waals surface area contributed by atoms with Crippen molar-refractivity contribution >= 4 is 17.7 Å². The molecule has 0 spiro atoms. The zero-order valence-corrected chi connectivity index (χ0v) is 15.6. The highest BCUT2D eigenvalue weighted by atomic mass is 16.5. The van der Waals surface area contributed by atoms with E-state index in [1.165, 1.54) is 32.6 Å². The van der Waals surface area contributed by atoms with E-state index in [4.69, 9.17) is 0 Å².